The van der Waals surface area contributed by atoms with E-state index in [1.807, 2.05) is 0 Å². The van der Waals surface area contributed by atoms with E-state index in [0.29, 0.717) is 23.8 Å². The van der Waals surface area contributed by atoms with Gasteiger partial charge in [0.1, 0.15) is 0 Å². The normalized spacial score (nSPS) is 24.6. The molecule has 1 amide bonds. The van der Waals surface area contributed by atoms with Crippen LogP contribution in [0.1, 0.15) is 53.4 Å². The SMILES string of the molecule is CC(C)CN(C(=O)C(C)(C)C1CCCNC1)C1CC1. The summed E-state index contributed by atoms with van der Waals surface area (Å²) in [6.45, 7) is 11.8. The first-order valence-corrected chi connectivity index (χ1v) is 7.94. The van der Waals surface area contributed by atoms with Crippen molar-refractivity contribution in [2.45, 2.75) is 59.4 Å². The minimum Gasteiger partial charge on any atom is -0.339 e. The molecule has 0 bridgehead atoms. The molecular weight excluding hydrogens is 236 g/mol. The molecule has 1 atom stereocenters. The first-order chi connectivity index (χ1) is 8.93. The number of rotatable bonds is 5. The van der Waals surface area contributed by atoms with Crippen LogP contribution in [0.2, 0.25) is 0 Å². The highest BCUT2D eigenvalue weighted by atomic mass is 16.2. The van der Waals surface area contributed by atoms with Gasteiger partial charge in [-0.25, -0.2) is 0 Å². The van der Waals surface area contributed by atoms with Crippen LogP contribution in [-0.4, -0.2) is 36.5 Å². The first-order valence-electron chi connectivity index (χ1n) is 7.94. The van der Waals surface area contributed by atoms with Crippen molar-refractivity contribution >= 4 is 5.91 Å². The number of carbonyl (C=O) groups excluding carboxylic acids is 1. The number of hydrogen-bond acceptors (Lipinski definition) is 2. The molecule has 2 aliphatic rings. The first kappa shape index (κ1) is 14.8. The smallest absolute Gasteiger partial charge is 0.228 e. The molecule has 110 valence electrons. The van der Waals surface area contributed by atoms with Gasteiger partial charge in [-0.2, -0.15) is 0 Å². The summed E-state index contributed by atoms with van der Waals surface area (Å²) < 4.78 is 0. The van der Waals surface area contributed by atoms with Crippen LogP contribution in [0.3, 0.4) is 0 Å². The van der Waals surface area contributed by atoms with Gasteiger partial charge in [-0.1, -0.05) is 27.7 Å². The predicted octanol–water partition coefficient (Wildman–Crippen LogP) is 2.66. The number of piperidine rings is 1. The quantitative estimate of drug-likeness (QED) is 0.829. The third-order valence-electron chi connectivity index (χ3n) is 4.68. The van der Waals surface area contributed by atoms with Gasteiger partial charge in [0.25, 0.3) is 0 Å². The summed E-state index contributed by atoms with van der Waals surface area (Å²) in [6.07, 6.45) is 4.80. The van der Waals surface area contributed by atoms with Crippen LogP contribution in [0.25, 0.3) is 0 Å². The summed E-state index contributed by atoms with van der Waals surface area (Å²) in [4.78, 5) is 15.2. The molecule has 1 unspecified atom stereocenters. The summed E-state index contributed by atoms with van der Waals surface area (Å²) in [7, 11) is 0. The topological polar surface area (TPSA) is 32.3 Å². The van der Waals surface area contributed by atoms with Gasteiger partial charge in [0.05, 0.1) is 0 Å². The molecule has 0 aromatic carbocycles. The lowest BCUT2D eigenvalue weighted by atomic mass is 9.74. The molecule has 0 spiro atoms. The molecule has 1 saturated heterocycles. The Morgan fingerprint density at radius 1 is 1.32 bits per heavy atom. The van der Waals surface area contributed by atoms with Gasteiger partial charge in [0, 0.05) is 18.0 Å². The van der Waals surface area contributed by atoms with Crippen LogP contribution in [0.4, 0.5) is 0 Å². The number of hydrogen-bond donors (Lipinski definition) is 1. The third kappa shape index (κ3) is 3.50. The minimum absolute atomic E-state index is 0.217. The van der Waals surface area contributed by atoms with Gasteiger partial charge in [-0.3, -0.25) is 4.79 Å². The Hall–Kier alpha value is -0.570. The molecule has 0 aromatic rings. The van der Waals surface area contributed by atoms with Gasteiger partial charge in [0.15, 0.2) is 0 Å². The van der Waals surface area contributed by atoms with Crippen LogP contribution in [-0.2, 0) is 4.79 Å². The second-order valence-corrected chi connectivity index (χ2v) is 7.35. The molecule has 1 heterocycles. The Kier molecular flexibility index (Phi) is 4.54. The lowest BCUT2D eigenvalue weighted by Crippen LogP contribution is -2.50. The van der Waals surface area contributed by atoms with Crippen LogP contribution in [0.5, 0.6) is 0 Å². The molecule has 3 heteroatoms. The molecule has 2 fully saturated rings. The average Bonchev–Trinajstić information content (AvgIpc) is 3.20. The Morgan fingerprint density at radius 2 is 2.00 bits per heavy atom. The Balaban J connectivity index is 2.05. The number of amides is 1. The van der Waals surface area contributed by atoms with E-state index in [-0.39, 0.29) is 5.41 Å². The van der Waals surface area contributed by atoms with Crippen molar-refractivity contribution in [2.24, 2.45) is 17.3 Å². The molecule has 1 aliphatic carbocycles. The maximum absolute atomic E-state index is 13.0. The fraction of sp³-hybridized carbons (Fsp3) is 0.938. The Morgan fingerprint density at radius 3 is 2.47 bits per heavy atom. The monoisotopic (exact) mass is 266 g/mol. The standard InChI is InChI=1S/C16H30N2O/c1-12(2)11-18(14-7-8-14)15(19)16(3,4)13-6-5-9-17-10-13/h12-14,17H,5-11H2,1-4H3. The molecule has 0 aromatic heterocycles. The lowest BCUT2D eigenvalue weighted by molar-refractivity contribution is -0.145. The average molecular weight is 266 g/mol. The van der Waals surface area contributed by atoms with E-state index < -0.39 is 0 Å². The highest BCUT2D eigenvalue weighted by Gasteiger charge is 2.43. The molecule has 19 heavy (non-hydrogen) atoms. The zero-order valence-electron chi connectivity index (χ0n) is 13.0. The number of carbonyl (C=O) groups is 1. The fourth-order valence-electron chi connectivity index (χ4n) is 3.19. The highest BCUT2D eigenvalue weighted by Crippen LogP contribution is 2.37. The molecule has 1 saturated carbocycles. The van der Waals surface area contributed by atoms with Gasteiger partial charge in [0.2, 0.25) is 5.91 Å². The predicted molar refractivity (Wildman–Crippen MR) is 78.9 cm³/mol. The Labute approximate surface area is 118 Å². The van der Waals surface area contributed by atoms with Crippen LogP contribution < -0.4 is 5.32 Å². The van der Waals surface area contributed by atoms with Crippen molar-refractivity contribution < 1.29 is 4.79 Å². The second-order valence-electron chi connectivity index (χ2n) is 7.35. The van der Waals surface area contributed by atoms with E-state index in [1.165, 1.54) is 25.7 Å². The second kappa shape index (κ2) is 5.82. The molecule has 0 radical (unpaired) electrons. The molecule has 2 rings (SSSR count). The van der Waals surface area contributed by atoms with E-state index in [2.05, 4.69) is 37.9 Å². The van der Waals surface area contributed by atoms with E-state index in [0.717, 1.165) is 19.6 Å². The summed E-state index contributed by atoms with van der Waals surface area (Å²) in [6, 6.07) is 0.533. The van der Waals surface area contributed by atoms with Crippen molar-refractivity contribution in [3.8, 4) is 0 Å². The van der Waals surface area contributed by atoms with E-state index in [1.54, 1.807) is 0 Å². The highest BCUT2D eigenvalue weighted by molar-refractivity contribution is 5.83. The van der Waals surface area contributed by atoms with Crippen LogP contribution in [0, 0.1) is 17.3 Å². The van der Waals surface area contributed by atoms with E-state index in [9.17, 15) is 4.79 Å². The van der Waals surface area contributed by atoms with Crippen LogP contribution in [0.15, 0.2) is 0 Å². The Bertz CT molecular complexity index is 315. The molecule has 1 aliphatic heterocycles. The van der Waals surface area contributed by atoms with Gasteiger partial charge >= 0.3 is 0 Å². The third-order valence-corrected chi connectivity index (χ3v) is 4.68. The van der Waals surface area contributed by atoms with Crippen molar-refractivity contribution in [3.05, 3.63) is 0 Å². The number of nitrogens with one attached hydrogen (secondary N) is 1. The van der Waals surface area contributed by atoms with Gasteiger partial charge in [-0.05, 0) is 50.6 Å². The largest absolute Gasteiger partial charge is 0.339 e. The molecule has 1 N–H and O–H groups in total. The maximum atomic E-state index is 13.0. The summed E-state index contributed by atoms with van der Waals surface area (Å²) in [5.74, 6) is 1.43. The van der Waals surface area contributed by atoms with E-state index in [4.69, 9.17) is 0 Å². The van der Waals surface area contributed by atoms with Crippen molar-refractivity contribution in [1.82, 2.24) is 10.2 Å². The minimum atomic E-state index is -0.217. The lowest BCUT2D eigenvalue weighted by Gasteiger charge is -2.40. The number of nitrogens with zero attached hydrogens (tertiary/aromatic N) is 1. The van der Waals surface area contributed by atoms with Crippen molar-refractivity contribution in [3.63, 3.8) is 0 Å². The molecular formula is C16H30N2O. The van der Waals surface area contributed by atoms with Crippen LogP contribution >= 0.6 is 0 Å². The van der Waals surface area contributed by atoms with Crippen molar-refractivity contribution in [1.29, 1.82) is 0 Å². The zero-order valence-corrected chi connectivity index (χ0v) is 13.0. The summed E-state index contributed by atoms with van der Waals surface area (Å²) in [5, 5.41) is 3.45. The zero-order chi connectivity index (χ0) is 14.0. The van der Waals surface area contributed by atoms with E-state index >= 15 is 0 Å². The fourth-order valence-corrected chi connectivity index (χ4v) is 3.19. The maximum Gasteiger partial charge on any atom is 0.228 e. The van der Waals surface area contributed by atoms with Gasteiger partial charge < -0.3 is 10.2 Å². The summed E-state index contributed by atoms with van der Waals surface area (Å²) in [5.41, 5.74) is -0.217. The van der Waals surface area contributed by atoms with Crippen molar-refractivity contribution in [2.75, 3.05) is 19.6 Å². The molecule has 3 nitrogen and oxygen atoms in total. The summed E-state index contributed by atoms with van der Waals surface area (Å²) >= 11 is 0. The van der Waals surface area contributed by atoms with Gasteiger partial charge in [-0.15, -0.1) is 0 Å².